The lowest BCUT2D eigenvalue weighted by molar-refractivity contribution is -0.387. The molecule has 0 aliphatic carbocycles. The Bertz CT molecular complexity index is 672. The Balaban J connectivity index is 3.11. The molecule has 0 aliphatic rings. The molecule has 0 spiro atoms. The summed E-state index contributed by atoms with van der Waals surface area (Å²) in [7, 11) is -4.19. The van der Waals surface area contributed by atoms with Gasteiger partial charge in [-0.25, -0.2) is 8.42 Å². The van der Waals surface area contributed by atoms with Gasteiger partial charge in [-0.15, -0.1) is 0 Å². The van der Waals surface area contributed by atoms with Crippen LogP contribution in [0.3, 0.4) is 0 Å². The Morgan fingerprint density at radius 1 is 1.41 bits per heavy atom. The molecule has 1 aromatic carbocycles. The summed E-state index contributed by atoms with van der Waals surface area (Å²) in [5.41, 5.74) is -0.281. The highest BCUT2D eigenvalue weighted by Gasteiger charge is 2.30. The van der Waals surface area contributed by atoms with E-state index in [0.717, 1.165) is 6.07 Å². The van der Waals surface area contributed by atoms with Crippen LogP contribution in [-0.2, 0) is 14.8 Å². The van der Waals surface area contributed by atoms with E-state index >= 15 is 0 Å². The number of nitrogens with zero attached hydrogens (tertiary/aromatic N) is 1. The molecule has 0 fully saturated rings. The van der Waals surface area contributed by atoms with Crippen molar-refractivity contribution >= 4 is 21.6 Å². The van der Waals surface area contributed by atoms with E-state index in [1.54, 1.807) is 0 Å². The van der Waals surface area contributed by atoms with Crippen molar-refractivity contribution in [2.75, 3.05) is 6.54 Å². The molecule has 0 aromatic heterocycles. The number of nitro benzene ring substituents is 1. The fourth-order valence-electron chi connectivity index (χ4n) is 1.88. The van der Waals surface area contributed by atoms with E-state index < -0.39 is 37.5 Å². The van der Waals surface area contributed by atoms with Gasteiger partial charge in [0.25, 0.3) is 5.69 Å². The Kier molecular flexibility index (Phi) is 6.01. The third-order valence-corrected chi connectivity index (χ3v) is 4.66. The lowest BCUT2D eigenvalue weighted by Crippen LogP contribution is -2.45. The molecular formula is C13H19N3O5S. The molecule has 8 nitrogen and oxygen atoms in total. The van der Waals surface area contributed by atoms with E-state index in [2.05, 4.69) is 10.0 Å². The van der Waals surface area contributed by atoms with Crippen LogP contribution in [0.2, 0.25) is 0 Å². The molecule has 122 valence electrons. The van der Waals surface area contributed by atoms with Gasteiger partial charge in [0, 0.05) is 12.6 Å². The van der Waals surface area contributed by atoms with E-state index in [-0.39, 0.29) is 5.56 Å². The van der Waals surface area contributed by atoms with Crippen molar-refractivity contribution in [2.24, 2.45) is 0 Å². The fraction of sp³-hybridized carbons (Fsp3) is 0.462. The number of carbonyl (C=O) groups excluding carboxylic acids is 1. The average molecular weight is 329 g/mol. The van der Waals surface area contributed by atoms with E-state index in [1.807, 2.05) is 6.92 Å². The van der Waals surface area contributed by atoms with Gasteiger partial charge in [0.05, 0.1) is 11.0 Å². The maximum Gasteiger partial charge on any atom is 0.289 e. The molecule has 0 unspecified atom stereocenters. The summed E-state index contributed by atoms with van der Waals surface area (Å²) < 4.78 is 26.9. The second kappa shape index (κ2) is 7.32. The largest absolute Gasteiger partial charge is 0.355 e. The van der Waals surface area contributed by atoms with Gasteiger partial charge in [0.2, 0.25) is 15.9 Å². The molecule has 1 rings (SSSR count). The predicted molar refractivity (Wildman–Crippen MR) is 80.9 cm³/mol. The lowest BCUT2D eigenvalue weighted by atomic mass is 10.2. The minimum Gasteiger partial charge on any atom is -0.355 e. The minimum absolute atomic E-state index is 0.239. The Labute approximate surface area is 129 Å². The number of nitro groups is 1. The van der Waals surface area contributed by atoms with Gasteiger partial charge in [-0.2, -0.15) is 4.72 Å². The highest BCUT2D eigenvalue weighted by molar-refractivity contribution is 7.89. The molecule has 0 saturated heterocycles. The standard InChI is InChI=1S/C13H19N3O5S/c1-4-8-14-13(17)10(3)15-22(20,21)12-9(2)6-5-7-11(12)16(18)19/h5-7,10,15H,4,8H2,1-3H3,(H,14,17)/t10-/m0/s1. The molecule has 1 amide bonds. The normalized spacial score (nSPS) is 12.7. The van der Waals surface area contributed by atoms with Crippen LogP contribution in [0.25, 0.3) is 0 Å². The SMILES string of the molecule is CCCNC(=O)[C@H](C)NS(=O)(=O)c1c(C)cccc1[N+](=O)[O-]. The third-order valence-electron chi connectivity index (χ3n) is 2.93. The summed E-state index contributed by atoms with van der Waals surface area (Å²) in [5.74, 6) is -0.485. The molecule has 0 radical (unpaired) electrons. The smallest absolute Gasteiger partial charge is 0.289 e. The van der Waals surface area contributed by atoms with Gasteiger partial charge in [0.15, 0.2) is 4.90 Å². The van der Waals surface area contributed by atoms with E-state index in [1.165, 1.54) is 26.0 Å². The fourth-order valence-corrected chi connectivity index (χ4v) is 3.48. The number of nitrogens with one attached hydrogen (secondary N) is 2. The monoisotopic (exact) mass is 329 g/mol. The van der Waals surface area contributed by atoms with Crippen molar-refractivity contribution in [1.82, 2.24) is 10.0 Å². The molecule has 0 aliphatic heterocycles. The lowest BCUT2D eigenvalue weighted by Gasteiger charge is -2.15. The van der Waals surface area contributed by atoms with Crippen molar-refractivity contribution in [3.05, 3.63) is 33.9 Å². The topological polar surface area (TPSA) is 118 Å². The van der Waals surface area contributed by atoms with Gasteiger partial charge in [-0.1, -0.05) is 19.1 Å². The maximum absolute atomic E-state index is 12.4. The first kappa shape index (κ1) is 18.1. The Morgan fingerprint density at radius 3 is 2.59 bits per heavy atom. The number of hydrogen-bond acceptors (Lipinski definition) is 5. The predicted octanol–water partition coefficient (Wildman–Crippen LogP) is 1.10. The summed E-state index contributed by atoms with van der Waals surface area (Å²) in [6, 6.07) is 2.95. The minimum atomic E-state index is -4.19. The number of hydrogen-bond donors (Lipinski definition) is 2. The molecule has 2 N–H and O–H groups in total. The van der Waals surface area contributed by atoms with Crippen LogP contribution in [0, 0.1) is 17.0 Å². The van der Waals surface area contributed by atoms with Crippen molar-refractivity contribution in [3.8, 4) is 0 Å². The van der Waals surface area contributed by atoms with Gasteiger partial charge < -0.3 is 5.32 Å². The van der Waals surface area contributed by atoms with Gasteiger partial charge >= 0.3 is 0 Å². The summed E-state index contributed by atoms with van der Waals surface area (Å²) >= 11 is 0. The van der Waals surface area contributed by atoms with Crippen LogP contribution in [-0.4, -0.2) is 31.8 Å². The summed E-state index contributed by atoms with van der Waals surface area (Å²) in [5, 5.41) is 13.6. The van der Waals surface area contributed by atoms with Crippen LogP contribution in [0.5, 0.6) is 0 Å². The number of benzene rings is 1. The van der Waals surface area contributed by atoms with E-state index in [4.69, 9.17) is 0 Å². The Morgan fingerprint density at radius 2 is 2.05 bits per heavy atom. The summed E-state index contributed by atoms with van der Waals surface area (Å²) in [6.45, 7) is 5.14. The summed E-state index contributed by atoms with van der Waals surface area (Å²) in [6.07, 6.45) is 0.717. The molecule has 0 saturated carbocycles. The highest BCUT2D eigenvalue weighted by Crippen LogP contribution is 2.26. The van der Waals surface area contributed by atoms with Gasteiger partial charge in [-0.05, 0) is 25.8 Å². The van der Waals surface area contributed by atoms with Crippen LogP contribution in [0.4, 0.5) is 5.69 Å². The first-order valence-electron chi connectivity index (χ1n) is 6.74. The molecule has 0 heterocycles. The zero-order valence-electron chi connectivity index (χ0n) is 12.6. The number of aryl methyl sites for hydroxylation is 1. The number of rotatable bonds is 7. The second-order valence-electron chi connectivity index (χ2n) is 4.81. The number of sulfonamides is 1. The molecule has 1 aromatic rings. The van der Waals surface area contributed by atoms with Crippen LogP contribution < -0.4 is 10.0 Å². The van der Waals surface area contributed by atoms with E-state index in [9.17, 15) is 23.3 Å². The highest BCUT2D eigenvalue weighted by atomic mass is 32.2. The van der Waals surface area contributed by atoms with Crippen molar-refractivity contribution < 1.29 is 18.1 Å². The molecule has 0 bridgehead atoms. The van der Waals surface area contributed by atoms with Gasteiger partial charge in [0.1, 0.15) is 0 Å². The average Bonchev–Trinajstić information content (AvgIpc) is 2.43. The number of amides is 1. The molecule has 22 heavy (non-hydrogen) atoms. The quantitative estimate of drug-likeness (QED) is 0.573. The van der Waals surface area contributed by atoms with Gasteiger partial charge in [-0.3, -0.25) is 14.9 Å². The molecule has 1 atom stereocenters. The Hall–Kier alpha value is -2.00. The van der Waals surface area contributed by atoms with E-state index in [0.29, 0.717) is 13.0 Å². The van der Waals surface area contributed by atoms with Crippen molar-refractivity contribution in [1.29, 1.82) is 0 Å². The maximum atomic E-state index is 12.4. The second-order valence-corrected chi connectivity index (χ2v) is 6.47. The van der Waals surface area contributed by atoms with Crippen molar-refractivity contribution in [3.63, 3.8) is 0 Å². The summed E-state index contributed by atoms with van der Waals surface area (Å²) in [4.78, 5) is 21.6. The van der Waals surface area contributed by atoms with Crippen LogP contribution in [0.1, 0.15) is 25.8 Å². The molecule has 9 heteroatoms. The van der Waals surface area contributed by atoms with Crippen LogP contribution >= 0.6 is 0 Å². The zero-order chi connectivity index (χ0) is 16.9. The molecular weight excluding hydrogens is 310 g/mol. The first-order chi connectivity index (χ1) is 10.2. The first-order valence-corrected chi connectivity index (χ1v) is 8.23. The third kappa shape index (κ3) is 4.25. The number of carbonyl (C=O) groups is 1. The van der Waals surface area contributed by atoms with Crippen molar-refractivity contribution in [2.45, 2.75) is 38.1 Å². The van der Waals surface area contributed by atoms with Crippen LogP contribution in [0.15, 0.2) is 23.1 Å². The zero-order valence-corrected chi connectivity index (χ0v) is 13.4.